The van der Waals surface area contributed by atoms with Gasteiger partial charge in [0.1, 0.15) is 12.6 Å². The van der Waals surface area contributed by atoms with Gasteiger partial charge in [-0.3, -0.25) is 14.4 Å². The molecule has 5 aromatic rings. The molecule has 3 amide bonds. The lowest BCUT2D eigenvalue weighted by molar-refractivity contribution is -0.139. The molecule has 304 valence electrons. The first-order valence-corrected chi connectivity index (χ1v) is 21.7. The summed E-state index contributed by atoms with van der Waals surface area (Å²) in [7, 11) is 0. The average Bonchev–Trinajstić information content (AvgIpc) is 3.27. The predicted octanol–water partition coefficient (Wildman–Crippen LogP) is 8.57. The second-order valence-corrected chi connectivity index (χ2v) is 18.2. The molecule has 60 heavy (non-hydrogen) atoms. The minimum atomic E-state index is -1.02. The summed E-state index contributed by atoms with van der Waals surface area (Å²) in [6, 6.07) is 41.2. The molecule has 4 fully saturated rings. The van der Waals surface area contributed by atoms with Gasteiger partial charge in [-0.15, -0.1) is 0 Å². The molecule has 12 rings (SSSR count). The molecular weight excluding hydrogens is 747 g/mol. The van der Waals surface area contributed by atoms with Crippen molar-refractivity contribution in [2.24, 2.45) is 35.0 Å². The van der Waals surface area contributed by atoms with Crippen molar-refractivity contribution >= 4 is 29.4 Å². The van der Waals surface area contributed by atoms with Crippen molar-refractivity contribution in [2.45, 2.75) is 69.4 Å². The summed E-state index contributed by atoms with van der Waals surface area (Å²) in [6.07, 6.45) is 7.72. The maximum atomic E-state index is 15.3. The van der Waals surface area contributed by atoms with Gasteiger partial charge in [0.05, 0.1) is 23.1 Å². The first kappa shape index (κ1) is 38.2. The number of ether oxygens (including phenoxy) is 1. The maximum absolute atomic E-state index is 15.3. The van der Waals surface area contributed by atoms with E-state index >= 15 is 4.79 Å². The first-order valence-electron chi connectivity index (χ1n) is 21.7. The lowest BCUT2D eigenvalue weighted by Crippen LogP contribution is -2.57. The van der Waals surface area contributed by atoms with Crippen molar-refractivity contribution in [1.29, 1.82) is 0 Å². The Morgan fingerprint density at radius 2 is 1.07 bits per heavy atom. The van der Waals surface area contributed by atoms with E-state index in [0.29, 0.717) is 6.54 Å². The smallest absolute Gasteiger partial charge is 0.340 e. The summed E-state index contributed by atoms with van der Waals surface area (Å²) >= 11 is 0. The summed E-state index contributed by atoms with van der Waals surface area (Å²) in [5.74, 6) is -1.31. The van der Waals surface area contributed by atoms with Crippen LogP contribution in [0.25, 0.3) is 0 Å². The molecule has 0 unspecified atom stereocenters. The third kappa shape index (κ3) is 7.20. The van der Waals surface area contributed by atoms with Crippen molar-refractivity contribution in [1.82, 2.24) is 10.6 Å². The summed E-state index contributed by atoms with van der Waals surface area (Å²) in [4.78, 5) is 58.2. The minimum absolute atomic E-state index is 0.0851. The number of esters is 1. The van der Waals surface area contributed by atoms with Gasteiger partial charge in [0.15, 0.2) is 0 Å². The van der Waals surface area contributed by atoms with Crippen LogP contribution in [0.1, 0.15) is 94.1 Å². The van der Waals surface area contributed by atoms with E-state index in [9.17, 15) is 14.4 Å². The highest BCUT2D eigenvalue weighted by molar-refractivity contribution is 6.04. The van der Waals surface area contributed by atoms with Crippen LogP contribution in [-0.4, -0.2) is 36.3 Å². The molecule has 8 heteroatoms. The number of nitrogens with one attached hydrogen (secondary N) is 3. The van der Waals surface area contributed by atoms with E-state index in [4.69, 9.17) is 4.74 Å². The van der Waals surface area contributed by atoms with Crippen molar-refractivity contribution in [3.8, 4) is 0 Å². The molecule has 0 heterocycles. The van der Waals surface area contributed by atoms with Crippen LogP contribution in [0, 0.1) is 35.0 Å². The van der Waals surface area contributed by atoms with E-state index in [0.717, 1.165) is 51.1 Å². The van der Waals surface area contributed by atoms with Crippen LogP contribution in [0.15, 0.2) is 133 Å². The highest BCUT2D eigenvalue weighted by Crippen LogP contribution is 2.61. The predicted molar refractivity (Wildman–Crippen MR) is 230 cm³/mol. The lowest BCUT2D eigenvalue weighted by Gasteiger charge is -2.57. The quantitative estimate of drug-likeness (QED) is 0.110. The van der Waals surface area contributed by atoms with Crippen LogP contribution in [0.4, 0.5) is 5.69 Å². The fourth-order valence-electron chi connectivity index (χ4n) is 12.3. The Morgan fingerprint density at radius 3 is 1.63 bits per heavy atom. The van der Waals surface area contributed by atoms with Crippen LogP contribution in [-0.2, 0) is 32.1 Å². The number of carbonyl (C=O) groups excluding carboxylic acids is 4. The molecule has 0 aromatic heterocycles. The van der Waals surface area contributed by atoms with Crippen molar-refractivity contribution in [2.75, 3.05) is 11.9 Å². The van der Waals surface area contributed by atoms with E-state index in [1.807, 2.05) is 84.9 Å². The van der Waals surface area contributed by atoms with E-state index in [1.165, 1.54) is 38.5 Å². The number of carbonyl (C=O) groups is 4. The van der Waals surface area contributed by atoms with Crippen LogP contribution in [0.5, 0.6) is 0 Å². The van der Waals surface area contributed by atoms with Gasteiger partial charge in [-0.1, -0.05) is 121 Å². The highest BCUT2D eigenvalue weighted by atomic mass is 16.5. The molecule has 3 N–H and O–H groups in total. The van der Waals surface area contributed by atoms with Crippen LogP contribution in [0.3, 0.4) is 0 Å². The number of hydrogen-bond acceptors (Lipinski definition) is 5. The summed E-state index contributed by atoms with van der Waals surface area (Å²) < 4.78 is 5.65. The maximum Gasteiger partial charge on any atom is 0.340 e. The third-order valence-corrected chi connectivity index (χ3v) is 14.4. The second kappa shape index (κ2) is 15.9. The zero-order valence-corrected chi connectivity index (χ0v) is 33.7. The standard InChI is InChI=1S/C52H51N3O5/c56-48(54-42-22-12-11-21-41(42)51(59)60-30-33-15-5-2-6-16-33)43(26-32-13-3-1-4-14-32)55-50(58)47-45-39-19-9-7-17-37(39)44(38-18-8-10-20-40(38)45)46(47)49(57)53-31-52-27-34-23-35(28-52)25-36(24-34)29-52/h1-22,34-36,43-47H,23-31H2,(H,53,57)(H,54,56)(H,55,58)/t34?,35?,36?,43-,44?,45?,46+,47-,52?/m0/s1. The number of para-hydroxylation sites is 1. The Labute approximate surface area is 351 Å². The molecule has 5 aromatic carbocycles. The van der Waals surface area contributed by atoms with E-state index in [2.05, 4.69) is 40.2 Å². The van der Waals surface area contributed by atoms with Gasteiger partial charge in [-0.25, -0.2) is 4.79 Å². The van der Waals surface area contributed by atoms with Gasteiger partial charge < -0.3 is 20.7 Å². The Bertz CT molecular complexity index is 2350. The molecule has 6 bridgehead atoms. The van der Waals surface area contributed by atoms with Gasteiger partial charge in [0.25, 0.3) is 0 Å². The van der Waals surface area contributed by atoms with Crippen molar-refractivity contribution in [3.05, 3.63) is 172 Å². The minimum Gasteiger partial charge on any atom is -0.457 e. The van der Waals surface area contributed by atoms with Gasteiger partial charge in [-0.05, 0) is 107 Å². The Hall–Kier alpha value is -6.02. The molecule has 0 spiro atoms. The molecule has 4 saturated carbocycles. The number of rotatable bonds is 12. The fourth-order valence-corrected chi connectivity index (χ4v) is 12.3. The number of hydrogen-bond donors (Lipinski definition) is 3. The third-order valence-electron chi connectivity index (χ3n) is 14.4. The first-order chi connectivity index (χ1) is 29.3. The summed E-state index contributed by atoms with van der Waals surface area (Å²) in [5, 5.41) is 9.64. The Morgan fingerprint density at radius 1 is 0.583 bits per heavy atom. The fraction of sp³-hybridized carbons (Fsp3) is 0.346. The Balaban J connectivity index is 0.953. The van der Waals surface area contributed by atoms with E-state index in [-0.39, 0.29) is 53.3 Å². The van der Waals surface area contributed by atoms with Gasteiger partial charge >= 0.3 is 5.97 Å². The highest BCUT2D eigenvalue weighted by Gasteiger charge is 2.56. The average molecular weight is 798 g/mol. The normalized spacial score (nSPS) is 26.9. The molecular formula is C52H51N3O5. The SMILES string of the molecule is O=C(OCc1ccccc1)c1ccccc1NC(=O)[C@H](Cc1ccccc1)NC(=O)[C@H]1C2c3ccccc3C(c3ccccc32)[C@H]1C(=O)NCC12CC3CC(CC(C3)C1)C2. The summed E-state index contributed by atoms with van der Waals surface area (Å²) in [5.41, 5.74) is 6.63. The van der Waals surface area contributed by atoms with Gasteiger partial charge in [0.2, 0.25) is 17.7 Å². The summed E-state index contributed by atoms with van der Waals surface area (Å²) in [6.45, 7) is 0.731. The topological polar surface area (TPSA) is 114 Å². The van der Waals surface area contributed by atoms with Gasteiger partial charge in [-0.2, -0.15) is 0 Å². The number of benzene rings is 5. The molecule has 7 aliphatic carbocycles. The van der Waals surface area contributed by atoms with Crippen molar-refractivity contribution in [3.63, 3.8) is 0 Å². The van der Waals surface area contributed by atoms with Gasteiger partial charge in [0, 0.05) is 24.8 Å². The number of anilines is 1. The number of fused-ring (bicyclic) bond motifs is 1. The van der Waals surface area contributed by atoms with Crippen LogP contribution in [0.2, 0.25) is 0 Å². The van der Waals surface area contributed by atoms with Crippen LogP contribution < -0.4 is 16.0 Å². The van der Waals surface area contributed by atoms with E-state index in [1.54, 1.807) is 24.3 Å². The molecule has 0 saturated heterocycles. The monoisotopic (exact) mass is 797 g/mol. The van der Waals surface area contributed by atoms with Crippen molar-refractivity contribution < 1.29 is 23.9 Å². The molecule has 8 nitrogen and oxygen atoms in total. The molecule has 0 radical (unpaired) electrons. The second-order valence-electron chi connectivity index (χ2n) is 18.2. The van der Waals surface area contributed by atoms with Crippen LogP contribution >= 0.6 is 0 Å². The molecule has 3 atom stereocenters. The zero-order valence-electron chi connectivity index (χ0n) is 33.7. The molecule has 0 aliphatic heterocycles. The zero-order chi connectivity index (χ0) is 40.8. The largest absolute Gasteiger partial charge is 0.457 e. The molecule has 7 aliphatic rings. The Kier molecular flexibility index (Phi) is 10.1. The number of amides is 3. The lowest BCUT2D eigenvalue weighted by atomic mass is 9.49. The van der Waals surface area contributed by atoms with E-state index < -0.39 is 29.8 Å².